The highest BCUT2D eigenvalue weighted by Crippen LogP contribution is 2.58. The van der Waals surface area contributed by atoms with Crippen LogP contribution in [-0.2, 0) is 10.0 Å². The largest absolute Gasteiger partial charge is 0.395 e. The standard InChI is InChI=1S/C26H36N6O4S/c1-18-16-23-29-24(34)21-5-4-20(31(2)37(35,36)15-14-33)17-22(21)32-12-6-19(7-13-32)26(9-10-26)8-3-11-27-25(28-18)30-23/h4-5,16-17,19,33H,3,6-15H2,1-2H3,(H2,27,28,29,30,34). The fourth-order valence-electron chi connectivity index (χ4n) is 5.87. The van der Waals surface area contributed by atoms with Crippen LogP contribution in [0.5, 0.6) is 0 Å². The van der Waals surface area contributed by atoms with Crippen molar-refractivity contribution in [2.24, 2.45) is 11.3 Å². The predicted molar refractivity (Wildman–Crippen MR) is 145 cm³/mol. The fourth-order valence-corrected chi connectivity index (χ4v) is 6.81. The summed E-state index contributed by atoms with van der Waals surface area (Å²) in [5.74, 6) is 0.912. The van der Waals surface area contributed by atoms with Gasteiger partial charge in [-0.2, -0.15) is 4.98 Å². The number of piperidine rings is 1. The summed E-state index contributed by atoms with van der Waals surface area (Å²) in [4.78, 5) is 24.7. The molecular weight excluding hydrogens is 492 g/mol. The fraction of sp³-hybridized carbons (Fsp3) is 0.577. The number of hydrogen-bond donors (Lipinski definition) is 3. The first-order chi connectivity index (χ1) is 17.7. The van der Waals surface area contributed by atoms with E-state index in [0.29, 0.717) is 40.0 Å². The lowest BCUT2D eigenvalue weighted by molar-refractivity contribution is 0.102. The van der Waals surface area contributed by atoms with E-state index in [4.69, 9.17) is 0 Å². The highest BCUT2D eigenvalue weighted by molar-refractivity contribution is 7.92. The SMILES string of the molecule is Cc1cc2nc(n1)NCCCC1(CC1)C1CCN(CC1)c1cc(N(C)S(=O)(=O)CCO)ccc1C(=O)N2. The lowest BCUT2D eigenvalue weighted by Crippen LogP contribution is -2.38. The van der Waals surface area contributed by atoms with Crippen LogP contribution < -0.4 is 19.8 Å². The predicted octanol–water partition coefficient (Wildman–Crippen LogP) is 3.00. The molecule has 1 aliphatic carbocycles. The number of rotatable bonds is 4. The topological polar surface area (TPSA) is 128 Å². The molecule has 0 radical (unpaired) electrons. The Kier molecular flexibility index (Phi) is 7.01. The average molecular weight is 529 g/mol. The first-order valence-electron chi connectivity index (χ1n) is 13.1. The van der Waals surface area contributed by atoms with E-state index in [-0.39, 0.29) is 11.7 Å². The highest BCUT2D eigenvalue weighted by Gasteiger charge is 2.48. The molecule has 1 spiro atoms. The van der Waals surface area contributed by atoms with Crippen molar-refractivity contribution < 1.29 is 18.3 Å². The number of fused-ring (bicyclic) bond motifs is 6. The number of nitrogens with one attached hydrogen (secondary N) is 2. The molecule has 2 fully saturated rings. The van der Waals surface area contributed by atoms with Crippen molar-refractivity contribution in [2.45, 2.75) is 45.4 Å². The molecule has 200 valence electrons. The normalized spacial score (nSPS) is 19.8. The Hall–Kier alpha value is -2.92. The second-order valence-electron chi connectivity index (χ2n) is 10.5. The van der Waals surface area contributed by atoms with Crippen LogP contribution in [-0.4, -0.2) is 68.4 Å². The minimum Gasteiger partial charge on any atom is -0.395 e. The molecule has 0 unspecified atom stereocenters. The van der Waals surface area contributed by atoms with Crippen LogP contribution in [0, 0.1) is 18.3 Å². The number of aryl methyl sites for hydroxylation is 1. The summed E-state index contributed by atoms with van der Waals surface area (Å²) in [6.07, 6.45) is 6.91. The van der Waals surface area contributed by atoms with Gasteiger partial charge in [0.2, 0.25) is 16.0 Å². The summed E-state index contributed by atoms with van der Waals surface area (Å²) >= 11 is 0. The van der Waals surface area contributed by atoms with E-state index in [2.05, 4.69) is 25.5 Å². The number of aliphatic hydroxyl groups is 1. The second kappa shape index (κ2) is 10.1. The molecule has 37 heavy (non-hydrogen) atoms. The van der Waals surface area contributed by atoms with Gasteiger partial charge in [0.25, 0.3) is 5.91 Å². The number of sulfonamides is 1. The minimum absolute atomic E-state index is 0.306. The van der Waals surface area contributed by atoms with Gasteiger partial charge in [-0.05, 0) is 75.0 Å². The van der Waals surface area contributed by atoms with Crippen molar-refractivity contribution in [1.82, 2.24) is 9.97 Å². The highest BCUT2D eigenvalue weighted by atomic mass is 32.2. The van der Waals surface area contributed by atoms with Gasteiger partial charge in [0.15, 0.2) is 0 Å². The van der Waals surface area contributed by atoms with Crippen LogP contribution >= 0.6 is 0 Å². The lowest BCUT2D eigenvalue weighted by atomic mass is 9.78. The van der Waals surface area contributed by atoms with Gasteiger partial charge < -0.3 is 20.6 Å². The van der Waals surface area contributed by atoms with Gasteiger partial charge in [0.1, 0.15) is 5.82 Å². The first-order valence-corrected chi connectivity index (χ1v) is 14.7. The molecule has 3 N–H and O–H groups in total. The van der Waals surface area contributed by atoms with E-state index >= 15 is 0 Å². The molecule has 1 aromatic carbocycles. The number of carbonyl (C=O) groups is 1. The Bertz CT molecular complexity index is 1270. The Morgan fingerprint density at radius 1 is 1.16 bits per heavy atom. The van der Waals surface area contributed by atoms with Crippen LogP contribution in [0.15, 0.2) is 24.3 Å². The third-order valence-electron chi connectivity index (χ3n) is 8.18. The van der Waals surface area contributed by atoms with Crippen molar-refractivity contribution in [3.05, 3.63) is 35.5 Å². The van der Waals surface area contributed by atoms with Crippen LogP contribution in [0.1, 0.15) is 54.6 Å². The van der Waals surface area contributed by atoms with Gasteiger partial charge in [0.05, 0.1) is 29.3 Å². The number of benzene rings is 1. The Balaban J connectivity index is 1.53. The molecule has 2 aromatic rings. The van der Waals surface area contributed by atoms with E-state index in [1.807, 2.05) is 6.92 Å². The molecule has 1 amide bonds. The molecule has 4 heterocycles. The molecular formula is C26H36N6O4S. The number of nitrogens with zero attached hydrogens (tertiary/aromatic N) is 4. The van der Waals surface area contributed by atoms with Crippen LogP contribution in [0.4, 0.5) is 23.1 Å². The van der Waals surface area contributed by atoms with Crippen LogP contribution in [0.3, 0.4) is 0 Å². The maximum Gasteiger partial charge on any atom is 0.258 e. The molecule has 11 heteroatoms. The zero-order valence-electron chi connectivity index (χ0n) is 21.5. The first kappa shape index (κ1) is 25.7. The molecule has 0 atom stereocenters. The molecule has 1 aromatic heterocycles. The number of carbonyl (C=O) groups excluding carboxylic acids is 1. The van der Waals surface area contributed by atoms with E-state index in [0.717, 1.165) is 44.6 Å². The van der Waals surface area contributed by atoms with Crippen molar-refractivity contribution in [3.63, 3.8) is 0 Å². The smallest absolute Gasteiger partial charge is 0.258 e. The molecule has 4 aliphatic rings. The summed E-state index contributed by atoms with van der Waals surface area (Å²) < 4.78 is 26.4. The molecule has 3 aliphatic heterocycles. The van der Waals surface area contributed by atoms with Crippen molar-refractivity contribution in [2.75, 3.05) is 58.9 Å². The Labute approximate surface area is 218 Å². The Morgan fingerprint density at radius 3 is 2.62 bits per heavy atom. The lowest BCUT2D eigenvalue weighted by Gasteiger charge is -2.38. The van der Waals surface area contributed by atoms with Crippen LogP contribution in [0.25, 0.3) is 0 Å². The summed E-state index contributed by atoms with van der Waals surface area (Å²) in [6, 6.07) is 6.82. The second-order valence-corrected chi connectivity index (χ2v) is 12.7. The van der Waals surface area contributed by atoms with Gasteiger partial charge in [-0.25, -0.2) is 13.4 Å². The molecule has 10 nitrogen and oxygen atoms in total. The zero-order valence-corrected chi connectivity index (χ0v) is 22.4. The minimum atomic E-state index is -3.68. The van der Waals surface area contributed by atoms with Gasteiger partial charge in [-0.1, -0.05) is 0 Å². The van der Waals surface area contributed by atoms with Gasteiger partial charge in [0, 0.05) is 38.4 Å². The maximum atomic E-state index is 13.5. The maximum absolute atomic E-state index is 13.5. The molecule has 1 saturated heterocycles. The number of aliphatic hydroxyl groups excluding tert-OH is 1. The van der Waals surface area contributed by atoms with E-state index in [1.54, 1.807) is 24.3 Å². The molecule has 4 bridgehead atoms. The summed E-state index contributed by atoms with van der Waals surface area (Å²) in [6.45, 7) is 3.85. The van der Waals surface area contributed by atoms with Gasteiger partial charge >= 0.3 is 0 Å². The number of amides is 1. The van der Waals surface area contributed by atoms with E-state index < -0.39 is 16.6 Å². The van der Waals surface area contributed by atoms with Gasteiger partial charge in [-0.3, -0.25) is 9.10 Å². The molecule has 6 rings (SSSR count). The summed E-state index contributed by atoms with van der Waals surface area (Å²) in [5.41, 5.74) is 2.81. The number of aromatic nitrogens is 2. The van der Waals surface area contributed by atoms with E-state index in [9.17, 15) is 18.3 Å². The monoisotopic (exact) mass is 528 g/mol. The summed E-state index contributed by atoms with van der Waals surface area (Å²) in [7, 11) is -2.21. The van der Waals surface area contributed by atoms with Crippen molar-refractivity contribution in [3.8, 4) is 0 Å². The average Bonchev–Trinajstić information content (AvgIpc) is 3.66. The zero-order chi connectivity index (χ0) is 26.2. The van der Waals surface area contributed by atoms with Crippen LogP contribution in [0.2, 0.25) is 0 Å². The van der Waals surface area contributed by atoms with Gasteiger partial charge in [-0.15, -0.1) is 0 Å². The van der Waals surface area contributed by atoms with Crippen molar-refractivity contribution >= 4 is 39.1 Å². The summed E-state index contributed by atoms with van der Waals surface area (Å²) in [5, 5.41) is 15.5. The quantitative estimate of drug-likeness (QED) is 0.553. The van der Waals surface area contributed by atoms with E-state index in [1.165, 1.54) is 30.6 Å². The Morgan fingerprint density at radius 2 is 1.92 bits per heavy atom. The molecule has 1 saturated carbocycles. The van der Waals surface area contributed by atoms with Crippen molar-refractivity contribution in [1.29, 1.82) is 0 Å². The number of hydrogen-bond acceptors (Lipinski definition) is 8. The number of anilines is 4. The third-order valence-corrected chi connectivity index (χ3v) is 9.92. The third kappa shape index (κ3) is 5.38.